The van der Waals surface area contributed by atoms with Gasteiger partial charge in [0, 0.05) is 0 Å². The topological polar surface area (TPSA) is 20.2 Å². The molecule has 64 valence electrons. The molecule has 0 aromatic carbocycles. The van der Waals surface area contributed by atoms with Crippen LogP contribution in [0.1, 0.15) is 39.0 Å². The summed E-state index contributed by atoms with van der Waals surface area (Å²) < 4.78 is 0. The summed E-state index contributed by atoms with van der Waals surface area (Å²) in [7, 11) is 0. The first-order valence-corrected chi connectivity index (χ1v) is 4.97. The number of hydrogen-bond acceptors (Lipinski definition) is 1. The van der Waals surface area contributed by atoms with Crippen molar-refractivity contribution in [3.8, 4) is 0 Å². The van der Waals surface area contributed by atoms with E-state index in [1.54, 1.807) is 0 Å². The number of aliphatic hydroxyl groups is 1. The fourth-order valence-electron chi connectivity index (χ4n) is 2.48. The first-order valence-electron chi connectivity index (χ1n) is 4.97. The Morgan fingerprint density at radius 1 is 1.27 bits per heavy atom. The number of rotatable bonds is 2. The molecular formula is C10H18O. The predicted molar refractivity (Wildman–Crippen MR) is 45.2 cm³/mol. The molecule has 11 heavy (non-hydrogen) atoms. The van der Waals surface area contributed by atoms with E-state index in [0.717, 1.165) is 5.92 Å². The molecule has 0 radical (unpaired) electrons. The molecule has 0 spiro atoms. The van der Waals surface area contributed by atoms with Crippen LogP contribution in [0.15, 0.2) is 0 Å². The summed E-state index contributed by atoms with van der Waals surface area (Å²) in [5.74, 6) is 2.13. The Hall–Kier alpha value is -0.0400. The second-order valence-electron chi connectivity index (χ2n) is 4.41. The zero-order valence-electron chi connectivity index (χ0n) is 7.29. The van der Waals surface area contributed by atoms with Gasteiger partial charge >= 0.3 is 0 Å². The first-order chi connectivity index (χ1) is 5.29. The maximum absolute atomic E-state index is 9.86. The third kappa shape index (κ3) is 1.44. The lowest BCUT2D eigenvalue weighted by molar-refractivity contribution is 0.0850. The average Bonchev–Trinajstić information content (AvgIpc) is 2.56. The summed E-state index contributed by atoms with van der Waals surface area (Å²) in [6.07, 6.45) is 6.59. The molecule has 0 bridgehead atoms. The minimum Gasteiger partial charge on any atom is -0.393 e. The molecule has 3 atom stereocenters. The van der Waals surface area contributed by atoms with E-state index in [2.05, 4.69) is 6.92 Å². The second kappa shape index (κ2) is 2.78. The minimum atomic E-state index is 0.0486. The zero-order chi connectivity index (χ0) is 7.84. The van der Waals surface area contributed by atoms with E-state index in [-0.39, 0.29) is 6.10 Å². The van der Waals surface area contributed by atoms with E-state index in [9.17, 15) is 5.11 Å². The molecule has 2 aliphatic rings. The molecular weight excluding hydrogens is 136 g/mol. The van der Waals surface area contributed by atoms with E-state index < -0.39 is 0 Å². The lowest BCUT2D eigenvalue weighted by Crippen LogP contribution is -2.20. The van der Waals surface area contributed by atoms with Crippen molar-refractivity contribution in [3.05, 3.63) is 0 Å². The first kappa shape index (κ1) is 7.60. The highest BCUT2D eigenvalue weighted by molar-refractivity contribution is 4.92. The van der Waals surface area contributed by atoms with Crippen molar-refractivity contribution >= 4 is 0 Å². The van der Waals surface area contributed by atoms with Crippen LogP contribution < -0.4 is 0 Å². The van der Waals surface area contributed by atoms with Crippen molar-refractivity contribution < 1.29 is 5.11 Å². The predicted octanol–water partition coefficient (Wildman–Crippen LogP) is 2.19. The molecule has 2 aliphatic carbocycles. The standard InChI is InChI=1S/C10H18O/c1-7-6-9(7)10(11)8-4-2-3-5-8/h7-11H,2-6H2,1H3. The number of aliphatic hydroxyl groups excluding tert-OH is 1. The molecule has 1 N–H and O–H groups in total. The second-order valence-corrected chi connectivity index (χ2v) is 4.41. The molecule has 2 fully saturated rings. The zero-order valence-corrected chi connectivity index (χ0v) is 7.29. The fraction of sp³-hybridized carbons (Fsp3) is 1.00. The number of hydrogen-bond donors (Lipinski definition) is 1. The Labute approximate surface area is 68.8 Å². The van der Waals surface area contributed by atoms with Crippen LogP contribution in [-0.2, 0) is 0 Å². The van der Waals surface area contributed by atoms with Crippen molar-refractivity contribution in [2.45, 2.75) is 45.1 Å². The Bertz CT molecular complexity index is 138. The quantitative estimate of drug-likeness (QED) is 0.646. The summed E-state index contributed by atoms with van der Waals surface area (Å²) in [4.78, 5) is 0. The molecule has 0 aromatic rings. The van der Waals surface area contributed by atoms with Crippen molar-refractivity contribution in [3.63, 3.8) is 0 Å². The van der Waals surface area contributed by atoms with Gasteiger partial charge in [-0.25, -0.2) is 0 Å². The minimum absolute atomic E-state index is 0.0486. The van der Waals surface area contributed by atoms with Gasteiger partial charge in [0.25, 0.3) is 0 Å². The van der Waals surface area contributed by atoms with E-state index in [1.807, 2.05) is 0 Å². The summed E-state index contributed by atoms with van der Waals surface area (Å²) in [5.41, 5.74) is 0. The van der Waals surface area contributed by atoms with Crippen LogP contribution in [0, 0.1) is 17.8 Å². The molecule has 0 aliphatic heterocycles. The maximum atomic E-state index is 9.86. The van der Waals surface area contributed by atoms with Gasteiger partial charge < -0.3 is 5.11 Å². The van der Waals surface area contributed by atoms with Crippen molar-refractivity contribution in [1.82, 2.24) is 0 Å². The van der Waals surface area contributed by atoms with Crippen molar-refractivity contribution in [2.24, 2.45) is 17.8 Å². The third-order valence-electron chi connectivity index (χ3n) is 3.49. The van der Waals surface area contributed by atoms with Crippen LogP contribution in [0.2, 0.25) is 0 Å². The normalized spacial score (nSPS) is 40.9. The van der Waals surface area contributed by atoms with Crippen LogP contribution in [0.25, 0.3) is 0 Å². The van der Waals surface area contributed by atoms with Crippen molar-refractivity contribution in [2.75, 3.05) is 0 Å². The largest absolute Gasteiger partial charge is 0.393 e. The molecule has 2 rings (SSSR count). The molecule has 0 saturated heterocycles. The van der Waals surface area contributed by atoms with Gasteiger partial charge in [0.1, 0.15) is 0 Å². The summed E-state index contributed by atoms with van der Waals surface area (Å²) >= 11 is 0. The third-order valence-corrected chi connectivity index (χ3v) is 3.49. The lowest BCUT2D eigenvalue weighted by atomic mass is 9.96. The lowest BCUT2D eigenvalue weighted by Gasteiger charge is -2.16. The van der Waals surface area contributed by atoms with Gasteiger partial charge in [-0.05, 0) is 37.0 Å². The van der Waals surface area contributed by atoms with Gasteiger partial charge in [-0.1, -0.05) is 19.8 Å². The summed E-state index contributed by atoms with van der Waals surface area (Å²) in [6.45, 7) is 2.25. The highest BCUT2D eigenvalue weighted by Crippen LogP contribution is 2.45. The van der Waals surface area contributed by atoms with Crippen LogP contribution in [0.3, 0.4) is 0 Å². The maximum Gasteiger partial charge on any atom is 0.0599 e. The molecule has 0 amide bonds. The van der Waals surface area contributed by atoms with Crippen LogP contribution in [-0.4, -0.2) is 11.2 Å². The Morgan fingerprint density at radius 3 is 2.27 bits per heavy atom. The van der Waals surface area contributed by atoms with Gasteiger partial charge in [-0.3, -0.25) is 0 Å². The Morgan fingerprint density at radius 2 is 1.82 bits per heavy atom. The van der Waals surface area contributed by atoms with Crippen molar-refractivity contribution in [1.29, 1.82) is 0 Å². The van der Waals surface area contributed by atoms with E-state index >= 15 is 0 Å². The van der Waals surface area contributed by atoms with Crippen LogP contribution in [0.4, 0.5) is 0 Å². The van der Waals surface area contributed by atoms with Gasteiger partial charge in [-0.2, -0.15) is 0 Å². The smallest absolute Gasteiger partial charge is 0.0599 e. The molecule has 2 saturated carbocycles. The molecule has 3 unspecified atom stereocenters. The van der Waals surface area contributed by atoms with E-state index in [0.29, 0.717) is 11.8 Å². The van der Waals surface area contributed by atoms with Gasteiger partial charge in [0.15, 0.2) is 0 Å². The van der Waals surface area contributed by atoms with Crippen LogP contribution >= 0.6 is 0 Å². The summed E-state index contributed by atoms with van der Waals surface area (Å²) in [6, 6.07) is 0. The van der Waals surface area contributed by atoms with Gasteiger partial charge in [0.05, 0.1) is 6.10 Å². The fourth-order valence-corrected chi connectivity index (χ4v) is 2.48. The molecule has 1 heteroatoms. The summed E-state index contributed by atoms with van der Waals surface area (Å²) in [5, 5.41) is 9.86. The highest BCUT2D eigenvalue weighted by atomic mass is 16.3. The highest BCUT2D eigenvalue weighted by Gasteiger charge is 2.42. The Kier molecular flexibility index (Phi) is 1.92. The Balaban J connectivity index is 1.84. The monoisotopic (exact) mass is 154 g/mol. The van der Waals surface area contributed by atoms with Gasteiger partial charge in [0.2, 0.25) is 0 Å². The van der Waals surface area contributed by atoms with E-state index in [1.165, 1.54) is 32.1 Å². The SMILES string of the molecule is CC1CC1C(O)C1CCCC1. The van der Waals surface area contributed by atoms with Crippen LogP contribution in [0.5, 0.6) is 0 Å². The molecule has 0 heterocycles. The van der Waals surface area contributed by atoms with Gasteiger partial charge in [-0.15, -0.1) is 0 Å². The molecule has 1 nitrogen and oxygen atoms in total. The van der Waals surface area contributed by atoms with E-state index in [4.69, 9.17) is 0 Å². The molecule has 0 aromatic heterocycles. The average molecular weight is 154 g/mol.